The molecule has 1 aliphatic carbocycles. The number of fused-ring (bicyclic) bond motifs is 8. The Labute approximate surface area is 254 Å². The van der Waals surface area contributed by atoms with Crippen LogP contribution < -0.4 is 4.74 Å². The third kappa shape index (κ3) is 3.92. The van der Waals surface area contributed by atoms with E-state index in [0.29, 0.717) is 0 Å². The minimum Gasteiger partial charge on any atom is -0.457 e. The first-order chi connectivity index (χ1) is 21.7. The molecule has 0 unspecified atom stereocenters. The van der Waals surface area contributed by atoms with Crippen LogP contribution in [0.25, 0.3) is 60.8 Å². The predicted octanol–water partition coefficient (Wildman–Crippen LogP) is 10.1. The zero-order valence-corrected chi connectivity index (χ0v) is 24.2. The van der Waals surface area contributed by atoms with E-state index < -0.39 is 0 Å². The van der Waals surface area contributed by atoms with Gasteiger partial charge in [-0.1, -0.05) is 60.7 Å². The van der Waals surface area contributed by atoms with Gasteiger partial charge in [0.2, 0.25) is 0 Å². The van der Waals surface area contributed by atoms with Crippen LogP contribution in [0.4, 0.5) is 0 Å². The Morgan fingerprint density at radius 3 is 2.43 bits per heavy atom. The van der Waals surface area contributed by atoms with Crippen molar-refractivity contribution < 1.29 is 4.74 Å². The van der Waals surface area contributed by atoms with Crippen LogP contribution in [0.1, 0.15) is 16.7 Å². The molecule has 0 aliphatic heterocycles. The van der Waals surface area contributed by atoms with E-state index in [1.54, 1.807) is 0 Å². The maximum atomic E-state index is 6.59. The maximum absolute atomic E-state index is 6.59. The van der Waals surface area contributed by atoms with Crippen LogP contribution in [0.15, 0.2) is 134 Å². The molecule has 0 atom stereocenters. The van der Waals surface area contributed by atoms with Crippen molar-refractivity contribution in [2.75, 3.05) is 0 Å². The lowest BCUT2D eigenvalue weighted by Crippen LogP contribution is -1.97. The van der Waals surface area contributed by atoms with Gasteiger partial charge in [-0.2, -0.15) is 0 Å². The van der Waals surface area contributed by atoms with Gasteiger partial charge in [-0.15, -0.1) is 0 Å². The highest BCUT2D eigenvalue weighted by molar-refractivity contribution is 6.17. The molecule has 0 amide bonds. The van der Waals surface area contributed by atoms with Crippen molar-refractivity contribution in [3.05, 3.63) is 150 Å². The van der Waals surface area contributed by atoms with Gasteiger partial charge in [-0.25, -0.2) is 4.98 Å². The molecule has 1 aliphatic rings. The summed E-state index contributed by atoms with van der Waals surface area (Å²) in [5.41, 5.74) is 10.7. The van der Waals surface area contributed by atoms with Gasteiger partial charge in [0.05, 0.1) is 16.7 Å². The second kappa shape index (κ2) is 9.65. The lowest BCUT2D eigenvalue weighted by atomic mass is 9.99. The van der Waals surface area contributed by atoms with Gasteiger partial charge in [0.15, 0.2) is 0 Å². The molecular formula is C40H27N3O. The lowest BCUT2D eigenvalue weighted by Gasteiger charge is -2.11. The Bertz CT molecular complexity index is 2410. The Balaban J connectivity index is 1.20. The number of nitrogens with zero attached hydrogens (tertiary/aromatic N) is 3. The van der Waals surface area contributed by atoms with Gasteiger partial charge in [0, 0.05) is 40.2 Å². The molecule has 0 N–H and O–H groups in total. The first kappa shape index (κ1) is 24.8. The highest BCUT2D eigenvalue weighted by atomic mass is 16.5. The Morgan fingerprint density at radius 2 is 1.52 bits per heavy atom. The summed E-state index contributed by atoms with van der Waals surface area (Å²) in [6, 6.07) is 42.6. The maximum Gasteiger partial charge on any atom is 0.137 e. The Kier molecular flexibility index (Phi) is 5.44. The molecule has 9 rings (SSSR count). The van der Waals surface area contributed by atoms with Gasteiger partial charge in [-0.05, 0) is 101 Å². The molecule has 0 saturated carbocycles. The van der Waals surface area contributed by atoms with Crippen LogP contribution in [0.3, 0.4) is 0 Å². The number of benzene rings is 5. The van der Waals surface area contributed by atoms with Crippen LogP contribution >= 0.6 is 0 Å². The molecule has 3 aromatic heterocycles. The summed E-state index contributed by atoms with van der Waals surface area (Å²) in [5, 5.41) is 4.76. The fourth-order valence-electron chi connectivity index (χ4n) is 6.84. The van der Waals surface area contributed by atoms with E-state index in [9.17, 15) is 0 Å². The molecule has 8 aromatic rings. The van der Waals surface area contributed by atoms with Crippen molar-refractivity contribution in [2.45, 2.75) is 13.3 Å². The first-order valence-corrected chi connectivity index (χ1v) is 14.9. The summed E-state index contributed by atoms with van der Waals surface area (Å²) in [6.45, 7) is 2.10. The average Bonchev–Trinajstić information content (AvgIpc) is 3.60. The normalized spacial score (nSPS) is 12.1. The molecule has 3 heterocycles. The molecule has 0 fully saturated rings. The van der Waals surface area contributed by atoms with Crippen LogP contribution in [0.2, 0.25) is 0 Å². The molecule has 0 spiro atoms. The summed E-state index contributed by atoms with van der Waals surface area (Å²) < 4.78 is 8.85. The summed E-state index contributed by atoms with van der Waals surface area (Å²) in [4.78, 5) is 9.52. The average molecular weight is 566 g/mol. The van der Waals surface area contributed by atoms with E-state index in [-0.39, 0.29) is 0 Å². The summed E-state index contributed by atoms with van der Waals surface area (Å²) >= 11 is 0. The molecule has 4 nitrogen and oxygen atoms in total. The zero-order chi connectivity index (χ0) is 29.2. The molecule has 5 aromatic carbocycles. The topological polar surface area (TPSA) is 39.9 Å². The zero-order valence-electron chi connectivity index (χ0n) is 24.2. The number of pyridine rings is 2. The van der Waals surface area contributed by atoms with E-state index in [1.807, 2.05) is 30.6 Å². The third-order valence-electron chi connectivity index (χ3n) is 8.75. The summed E-state index contributed by atoms with van der Waals surface area (Å²) in [6.07, 6.45) is 4.75. The van der Waals surface area contributed by atoms with E-state index >= 15 is 0 Å². The highest BCUT2D eigenvalue weighted by Gasteiger charge is 2.25. The third-order valence-corrected chi connectivity index (χ3v) is 8.75. The van der Waals surface area contributed by atoms with Crippen molar-refractivity contribution in [3.63, 3.8) is 0 Å². The summed E-state index contributed by atoms with van der Waals surface area (Å²) in [7, 11) is 0. The van der Waals surface area contributed by atoms with Crippen LogP contribution in [0.5, 0.6) is 11.5 Å². The van der Waals surface area contributed by atoms with Gasteiger partial charge in [-0.3, -0.25) is 9.55 Å². The van der Waals surface area contributed by atoms with Crippen molar-refractivity contribution in [3.8, 4) is 39.7 Å². The van der Waals surface area contributed by atoms with E-state index in [2.05, 4.69) is 115 Å². The second-order valence-electron chi connectivity index (χ2n) is 11.6. The number of aromatic nitrogens is 3. The molecule has 0 saturated heterocycles. The lowest BCUT2D eigenvalue weighted by molar-refractivity contribution is 0.483. The van der Waals surface area contributed by atoms with Gasteiger partial charge in [0.1, 0.15) is 17.3 Å². The molecule has 4 heteroatoms. The Hall–Kier alpha value is -5.74. The SMILES string of the molecule is Cc1cc(Oc2ccc3c4c5c(ccc4n(-c4ccccn4)c3c2)Cc2ccccc2-5)cc(-c2cc3ccccc3cn2)c1. The number of rotatable bonds is 4. The van der Waals surface area contributed by atoms with Crippen molar-refractivity contribution in [1.29, 1.82) is 0 Å². The van der Waals surface area contributed by atoms with Crippen LogP contribution in [-0.2, 0) is 6.42 Å². The van der Waals surface area contributed by atoms with Crippen LogP contribution in [0, 0.1) is 6.92 Å². The first-order valence-electron chi connectivity index (χ1n) is 14.9. The molecule has 0 radical (unpaired) electrons. The fourth-order valence-corrected chi connectivity index (χ4v) is 6.84. The van der Waals surface area contributed by atoms with Crippen molar-refractivity contribution in [1.82, 2.24) is 14.5 Å². The van der Waals surface area contributed by atoms with Gasteiger partial charge >= 0.3 is 0 Å². The number of hydrogen-bond acceptors (Lipinski definition) is 3. The molecule has 208 valence electrons. The molecule has 0 bridgehead atoms. The quantitative estimate of drug-likeness (QED) is 0.213. The molecular weight excluding hydrogens is 538 g/mol. The van der Waals surface area contributed by atoms with Crippen LogP contribution in [-0.4, -0.2) is 14.5 Å². The smallest absolute Gasteiger partial charge is 0.137 e. The number of aryl methyl sites for hydroxylation is 1. The monoisotopic (exact) mass is 565 g/mol. The standard InChI is InChI=1S/C40H27N3O/c1-25-18-30(35-22-26-8-2-3-10-29(26)24-42-35)21-32(19-25)44-31-14-15-34-37(23-31)43(38-12-6-7-17-41-38)36-16-13-28-20-27-9-4-5-11-33(27)39(28)40(34)36/h2-19,21-24H,20H2,1H3. The number of ether oxygens (including phenoxy) is 1. The minimum atomic E-state index is 0.776. The van der Waals surface area contributed by atoms with Crippen molar-refractivity contribution in [2.24, 2.45) is 0 Å². The fraction of sp³-hybridized carbons (Fsp3) is 0.0500. The van der Waals surface area contributed by atoms with Gasteiger partial charge in [0.25, 0.3) is 0 Å². The van der Waals surface area contributed by atoms with E-state index in [4.69, 9.17) is 14.7 Å². The predicted molar refractivity (Wildman–Crippen MR) is 179 cm³/mol. The van der Waals surface area contributed by atoms with E-state index in [1.165, 1.54) is 38.4 Å². The Morgan fingerprint density at radius 1 is 0.659 bits per heavy atom. The minimum absolute atomic E-state index is 0.776. The van der Waals surface area contributed by atoms with Crippen molar-refractivity contribution >= 4 is 32.6 Å². The largest absolute Gasteiger partial charge is 0.457 e. The van der Waals surface area contributed by atoms with E-state index in [0.717, 1.165) is 57.0 Å². The van der Waals surface area contributed by atoms with Gasteiger partial charge < -0.3 is 4.74 Å². The number of hydrogen-bond donors (Lipinski definition) is 0. The highest BCUT2D eigenvalue weighted by Crippen LogP contribution is 2.46. The molecule has 44 heavy (non-hydrogen) atoms. The second-order valence-corrected chi connectivity index (χ2v) is 11.6. The summed E-state index contributed by atoms with van der Waals surface area (Å²) in [5.74, 6) is 2.44.